The van der Waals surface area contributed by atoms with Crippen molar-refractivity contribution in [1.82, 2.24) is 4.31 Å². The first kappa shape index (κ1) is 22.8. The van der Waals surface area contributed by atoms with Crippen molar-refractivity contribution < 1.29 is 17.6 Å². The Hall–Kier alpha value is -2.33. The summed E-state index contributed by atoms with van der Waals surface area (Å²) in [6.45, 7) is 3.40. The SMILES string of the molecule is Cc1ccc(S(=O)(=O)N2CCN(c3c(Cl)cccc3NC(=O)c3ccc(Br)o3)CC2)cc1. The molecule has 1 amide bonds. The van der Waals surface area contributed by atoms with E-state index in [9.17, 15) is 13.2 Å². The van der Waals surface area contributed by atoms with Crippen molar-refractivity contribution in [3.63, 3.8) is 0 Å². The van der Waals surface area contributed by atoms with Crippen LogP contribution in [0.4, 0.5) is 11.4 Å². The number of rotatable bonds is 5. The molecule has 1 N–H and O–H groups in total. The Kier molecular flexibility index (Phi) is 6.62. The van der Waals surface area contributed by atoms with Gasteiger partial charge >= 0.3 is 0 Å². The van der Waals surface area contributed by atoms with Crippen LogP contribution in [0.15, 0.2) is 68.6 Å². The Balaban J connectivity index is 1.51. The number of hydrogen-bond acceptors (Lipinski definition) is 5. The Morgan fingerprint density at radius 1 is 1.03 bits per heavy atom. The number of hydrogen-bond donors (Lipinski definition) is 1. The van der Waals surface area contributed by atoms with Crippen LogP contribution in [0.2, 0.25) is 5.02 Å². The van der Waals surface area contributed by atoms with Gasteiger partial charge in [-0.25, -0.2) is 8.42 Å². The zero-order valence-electron chi connectivity index (χ0n) is 17.2. The predicted octanol–water partition coefficient (Wildman–Crippen LogP) is 4.77. The standard InChI is InChI=1S/C22H21BrClN3O4S/c1-15-5-7-16(8-6-15)32(29,30)27-13-11-26(12-14-27)21-17(24)3-2-4-18(21)25-22(28)19-9-10-20(23)31-19/h2-10H,11-14H2,1H3,(H,25,28). The van der Waals surface area contributed by atoms with E-state index in [-0.39, 0.29) is 10.7 Å². The first-order valence-electron chi connectivity index (χ1n) is 9.92. The maximum Gasteiger partial charge on any atom is 0.291 e. The Morgan fingerprint density at radius 3 is 2.34 bits per heavy atom. The number of nitrogens with zero attached hydrogens (tertiary/aromatic N) is 2. The maximum absolute atomic E-state index is 13.0. The molecule has 3 aromatic rings. The van der Waals surface area contributed by atoms with Gasteiger partial charge < -0.3 is 14.6 Å². The van der Waals surface area contributed by atoms with Gasteiger partial charge in [0, 0.05) is 26.2 Å². The van der Waals surface area contributed by atoms with Crippen molar-refractivity contribution in [2.24, 2.45) is 0 Å². The van der Waals surface area contributed by atoms with Gasteiger partial charge in [0.25, 0.3) is 5.91 Å². The fourth-order valence-electron chi connectivity index (χ4n) is 3.57. The minimum absolute atomic E-state index is 0.164. The number of sulfonamides is 1. The monoisotopic (exact) mass is 537 g/mol. The molecular weight excluding hydrogens is 518 g/mol. The number of furan rings is 1. The molecular formula is C22H21BrClN3O4S. The van der Waals surface area contributed by atoms with Crippen LogP contribution in [0.25, 0.3) is 0 Å². The van der Waals surface area contributed by atoms with Gasteiger partial charge in [-0.15, -0.1) is 0 Å². The van der Waals surface area contributed by atoms with Gasteiger partial charge in [-0.3, -0.25) is 4.79 Å². The highest BCUT2D eigenvalue weighted by atomic mass is 79.9. The summed E-state index contributed by atoms with van der Waals surface area (Å²) in [5.41, 5.74) is 2.19. The molecule has 1 aliphatic rings. The molecule has 1 aliphatic heterocycles. The minimum atomic E-state index is -3.57. The number of halogens is 2. The Morgan fingerprint density at radius 2 is 1.72 bits per heavy atom. The summed E-state index contributed by atoms with van der Waals surface area (Å²) < 4.78 is 33.2. The van der Waals surface area contributed by atoms with Crippen molar-refractivity contribution in [3.8, 4) is 0 Å². The van der Waals surface area contributed by atoms with Crippen molar-refractivity contribution in [3.05, 3.63) is 75.6 Å². The lowest BCUT2D eigenvalue weighted by molar-refractivity contribution is 0.0995. The number of anilines is 2. The quantitative estimate of drug-likeness (QED) is 0.506. The topological polar surface area (TPSA) is 82.9 Å². The summed E-state index contributed by atoms with van der Waals surface area (Å²) in [5, 5.41) is 3.31. The summed E-state index contributed by atoms with van der Waals surface area (Å²) in [6, 6.07) is 15.3. The van der Waals surface area contributed by atoms with Gasteiger partial charge in [0.15, 0.2) is 10.4 Å². The number of benzene rings is 2. The molecule has 1 aromatic heterocycles. The number of amides is 1. The molecule has 0 spiro atoms. The molecule has 0 radical (unpaired) electrons. The van der Waals surface area contributed by atoms with Crippen LogP contribution in [-0.4, -0.2) is 44.8 Å². The second-order valence-electron chi connectivity index (χ2n) is 7.40. The molecule has 0 unspecified atom stereocenters. The first-order chi connectivity index (χ1) is 15.3. The van der Waals surface area contributed by atoms with Crippen LogP contribution in [0, 0.1) is 6.92 Å². The third-order valence-electron chi connectivity index (χ3n) is 5.25. The predicted molar refractivity (Wildman–Crippen MR) is 128 cm³/mol. The fraction of sp³-hybridized carbons (Fsp3) is 0.227. The lowest BCUT2D eigenvalue weighted by Crippen LogP contribution is -2.49. The van der Waals surface area contributed by atoms with E-state index in [2.05, 4.69) is 21.2 Å². The number of nitrogens with one attached hydrogen (secondary N) is 1. The molecule has 1 fully saturated rings. The van der Waals surface area contributed by atoms with E-state index >= 15 is 0 Å². The molecule has 0 atom stereocenters. The van der Waals surface area contributed by atoms with E-state index < -0.39 is 15.9 Å². The van der Waals surface area contributed by atoms with Crippen molar-refractivity contribution in [1.29, 1.82) is 0 Å². The van der Waals surface area contributed by atoms with Gasteiger partial charge in [0.05, 0.1) is 21.3 Å². The minimum Gasteiger partial charge on any atom is -0.444 e. The Bertz CT molecular complexity index is 1240. The van der Waals surface area contributed by atoms with E-state index in [1.54, 1.807) is 54.6 Å². The van der Waals surface area contributed by atoms with E-state index in [4.69, 9.17) is 16.0 Å². The molecule has 168 valence electrons. The smallest absolute Gasteiger partial charge is 0.291 e. The highest BCUT2D eigenvalue weighted by Crippen LogP contribution is 2.35. The zero-order valence-corrected chi connectivity index (χ0v) is 20.4. The number of carbonyl (C=O) groups excluding carboxylic acids is 1. The van der Waals surface area contributed by atoms with Crippen molar-refractivity contribution in [2.75, 3.05) is 36.4 Å². The summed E-state index contributed by atoms with van der Waals surface area (Å²) in [6.07, 6.45) is 0. The van der Waals surface area contributed by atoms with Crippen LogP contribution in [-0.2, 0) is 10.0 Å². The summed E-state index contributed by atoms with van der Waals surface area (Å²) in [4.78, 5) is 14.8. The third-order valence-corrected chi connectivity index (χ3v) is 7.89. The third kappa shape index (κ3) is 4.71. The molecule has 4 rings (SSSR count). The van der Waals surface area contributed by atoms with Crippen LogP contribution >= 0.6 is 27.5 Å². The first-order valence-corrected chi connectivity index (χ1v) is 12.5. The normalized spacial score (nSPS) is 15.0. The zero-order chi connectivity index (χ0) is 22.9. The maximum atomic E-state index is 13.0. The molecule has 32 heavy (non-hydrogen) atoms. The van der Waals surface area contributed by atoms with Crippen molar-refractivity contribution in [2.45, 2.75) is 11.8 Å². The lowest BCUT2D eigenvalue weighted by atomic mass is 10.2. The summed E-state index contributed by atoms with van der Waals surface area (Å²) in [5.74, 6) is -0.239. The number of para-hydroxylation sites is 1. The molecule has 7 nitrogen and oxygen atoms in total. The summed E-state index contributed by atoms with van der Waals surface area (Å²) in [7, 11) is -3.57. The van der Waals surface area contributed by atoms with Crippen LogP contribution < -0.4 is 10.2 Å². The van der Waals surface area contributed by atoms with Crippen molar-refractivity contribution >= 4 is 54.8 Å². The van der Waals surface area contributed by atoms with E-state index in [0.717, 1.165) is 5.56 Å². The second kappa shape index (κ2) is 9.27. The number of piperazine rings is 1. The average molecular weight is 539 g/mol. The van der Waals surface area contributed by atoms with Gasteiger partial charge in [-0.05, 0) is 59.3 Å². The van der Waals surface area contributed by atoms with Gasteiger partial charge in [0.1, 0.15) is 0 Å². The van der Waals surface area contributed by atoms with E-state index in [1.807, 2.05) is 11.8 Å². The van der Waals surface area contributed by atoms with E-state index in [0.29, 0.717) is 47.2 Å². The molecule has 2 heterocycles. The average Bonchev–Trinajstić information content (AvgIpc) is 3.21. The molecule has 2 aromatic carbocycles. The van der Waals surface area contributed by atoms with Gasteiger partial charge in [0.2, 0.25) is 10.0 Å². The fourth-order valence-corrected chi connectivity index (χ4v) is 5.59. The largest absolute Gasteiger partial charge is 0.444 e. The molecule has 0 bridgehead atoms. The highest BCUT2D eigenvalue weighted by molar-refractivity contribution is 9.10. The van der Waals surface area contributed by atoms with E-state index in [1.165, 1.54) is 4.31 Å². The number of aryl methyl sites for hydroxylation is 1. The van der Waals surface area contributed by atoms with Crippen LogP contribution in [0.3, 0.4) is 0 Å². The second-order valence-corrected chi connectivity index (χ2v) is 10.5. The van der Waals surface area contributed by atoms with Crippen LogP contribution in [0.1, 0.15) is 16.1 Å². The van der Waals surface area contributed by atoms with Crippen LogP contribution in [0.5, 0.6) is 0 Å². The lowest BCUT2D eigenvalue weighted by Gasteiger charge is -2.36. The molecule has 0 saturated carbocycles. The summed E-state index contributed by atoms with van der Waals surface area (Å²) >= 11 is 9.66. The Labute approximate surface area is 200 Å². The molecule has 10 heteroatoms. The number of carbonyl (C=O) groups is 1. The molecule has 0 aliphatic carbocycles. The van der Waals surface area contributed by atoms with Gasteiger partial charge in [-0.1, -0.05) is 35.4 Å². The van der Waals surface area contributed by atoms with Gasteiger partial charge in [-0.2, -0.15) is 4.31 Å². The highest BCUT2D eigenvalue weighted by Gasteiger charge is 2.30. The molecule has 1 saturated heterocycles.